The van der Waals surface area contributed by atoms with Gasteiger partial charge in [0.05, 0.1) is 25.4 Å². The minimum Gasteiger partial charge on any atom is -0.396 e. The van der Waals surface area contributed by atoms with Gasteiger partial charge in [-0.2, -0.15) is 0 Å². The van der Waals surface area contributed by atoms with Crippen LogP contribution in [0.3, 0.4) is 0 Å². The molecule has 2 saturated carbocycles. The highest BCUT2D eigenvalue weighted by Gasteiger charge is 2.59. The molecule has 3 N–H and O–H groups in total. The third-order valence-corrected chi connectivity index (χ3v) is 7.88. The summed E-state index contributed by atoms with van der Waals surface area (Å²) in [7, 11) is 1.75. The summed E-state index contributed by atoms with van der Waals surface area (Å²) in [6.45, 7) is 8.49. The lowest BCUT2D eigenvalue weighted by molar-refractivity contribution is -0.150. The molecule has 3 rings (SSSR count). The van der Waals surface area contributed by atoms with Gasteiger partial charge >= 0.3 is 0 Å². The summed E-state index contributed by atoms with van der Waals surface area (Å²) >= 11 is 0. The van der Waals surface area contributed by atoms with E-state index in [4.69, 9.17) is 4.74 Å². The normalized spacial score (nSPS) is 46.8. The van der Waals surface area contributed by atoms with E-state index in [1.54, 1.807) is 7.11 Å². The van der Waals surface area contributed by atoms with E-state index in [0.717, 1.165) is 37.7 Å². The smallest absolute Gasteiger partial charge is 0.0850 e. The average molecular weight is 350 g/mol. The van der Waals surface area contributed by atoms with Gasteiger partial charge in [0.2, 0.25) is 0 Å². The fourth-order valence-corrected chi connectivity index (χ4v) is 6.26. The van der Waals surface area contributed by atoms with Crippen LogP contribution in [0.4, 0.5) is 0 Å². The SMILES string of the molecule is C=C(CO)[C@@H]1CC[C@@H]2C(=CC[C@@H]3[C@@](C)(CO)[C@H](O)CC[C@]32C)[C@@H]1OC. The maximum absolute atomic E-state index is 10.6. The standard InChI is InChI=1S/C21H34O4/c1-13(11-22)14-5-7-16-15(19(14)25-4)6-8-17-20(16,2)10-9-18(24)21(17,3)12-23/h6,14,16-19,22-24H,1,5,7-12H2,2-4H3/t14-,16+,17-,18+,19+,20-,21+/m0/s1. The molecule has 0 amide bonds. The number of rotatable bonds is 4. The zero-order valence-electron chi connectivity index (χ0n) is 15.9. The second-order valence-corrected chi connectivity index (χ2v) is 8.93. The van der Waals surface area contributed by atoms with Crippen molar-refractivity contribution in [2.45, 2.75) is 58.2 Å². The lowest BCUT2D eigenvalue weighted by Gasteiger charge is -2.61. The van der Waals surface area contributed by atoms with Crippen LogP contribution in [0.15, 0.2) is 23.8 Å². The molecule has 7 atom stereocenters. The van der Waals surface area contributed by atoms with E-state index in [9.17, 15) is 15.3 Å². The Morgan fingerprint density at radius 3 is 2.60 bits per heavy atom. The molecule has 0 saturated heterocycles. The molecule has 142 valence electrons. The first kappa shape index (κ1) is 19.1. The van der Waals surface area contributed by atoms with Crippen LogP contribution in [-0.2, 0) is 4.74 Å². The predicted molar refractivity (Wildman–Crippen MR) is 98.0 cm³/mol. The number of hydrogen-bond acceptors (Lipinski definition) is 4. The van der Waals surface area contributed by atoms with Crippen LogP contribution in [-0.4, -0.2) is 47.9 Å². The summed E-state index contributed by atoms with van der Waals surface area (Å²) < 4.78 is 5.88. The minimum atomic E-state index is -0.441. The lowest BCUT2D eigenvalue weighted by Crippen LogP contribution is -2.58. The summed E-state index contributed by atoms with van der Waals surface area (Å²) in [4.78, 5) is 0. The first-order valence-corrected chi connectivity index (χ1v) is 9.63. The molecule has 0 radical (unpaired) electrons. The highest BCUT2D eigenvalue weighted by Crippen LogP contribution is 2.62. The monoisotopic (exact) mass is 350 g/mol. The van der Waals surface area contributed by atoms with Crippen LogP contribution in [0, 0.1) is 28.6 Å². The van der Waals surface area contributed by atoms with E-state index < -0.39 is 11.5 Å². The van der Waals surface area contributed by atoms with Crippen molar-refractivity contribution < 1.29 is 20.1 Å². The second kappa shape index (κ2) is 6.80. The average Bonchev–Trinajstić information content (AvgIpc) is 2.63. The number of fused-ring (bicyclic) bond motifs is 3. The van der Waals surface area contributed by atoms with E-state index >= 15 is 0 Å². The van der Waals surface area contributed by atoms with Crippen molar-refractivity contribution in [2.75, 3.05) is 20.3 Å². The summed E-state index contributed by atoms with van der Waals surface area (Å²) in [6, 6.07) is 0. The van der Waals surface area contributed by atoms with Crippen molar-refractivity contribution in [1.82, 2.24) is 0 Å². The molecule has 4 nitrogen and oxygen atoms in total. The highest BCUT2D eigenvalue weighted by atomic mass is 16.5. The molecule has 4 heteroatoms. The Labute approximate surface area is 151 Å². The van der Waals surface area contributed by atoms with E-state index in [2.05, 4.69) is 19.6 Å². The lowest BCUT2D eigenvalue weighted by atomic mass is 9.45. The van der Waals surface area contributed by atoms with Gasteiger partial charge in [-0.1, -0.05) is 26.5 Å². The topological polar surface area (TPSA) is 69.9 Å². The van der Waals surface area contributed by atoms with E-state index in [-0.39, 0.29) is 36.6 Å². The van der Waals surface area contributed by atoms with Gasteiger partial charge in [-0.05, 0) is 60.5 Å². The third kappa shape index (κ3) is 2.73. The molecule has 2 fully saturated rings. The zero-order valence-corrected chi connectivity index (χ0v) is 15.9. The van der Waals surface area contributed by atoms with Gasteiger partial charge in [0, 0.05) is 18.4 Å². The van der Waals surface area contributed by atoms with Crippen LogP contribution in [0.1, 0.15) is 46.0 Å². The number of ether oxygens (including phenoxy) is 1. The number of allylic oxidation sites excluding steroid dienone is 1. The number of aliphatic hydroxyl groups is 3. The van der Waals surface area contributed by atoms with Crippen molar-refractivity contribution in [1.29, 1.82) is 0 Å². The molecule has 0 spiro atoms. The molecule has 0 aromatic heterocycles. The highest BCUT2D eigenvalue weighted by molar-refractivity contribution is 5.29. The largest absolute Gasteiger partial charge is 0.396 e. The Kier molecular flexibility index (Phi) is 5.20. The molecule has 25 heavy (non-hydrogen) atoms. The summed E-state index contributed by atoms with van der Waals surface area (Å²) in [5.74, 6) is 0.867. The zero-order chi connectivity index (χ0) is 18.4. The Morgan fingerprint density at radius 1 is 1.28 bits per heavy atom. The third-order valence-electron chi connectivity index (χ3n) is 7.88. The van der Waals surface area contributed by atoms with Crippen molar-refractivity contribution in [3.05, 3.63) is 23.8 Å². The molecule has 0 aromatic rings. The Bertz CT molecular complexity index is 556. The molecule has 3 aliphatic rings. The van der Waals surface area contributed by atoms with E-state index in [0.29, 0.717) is 5.92 Å². The predicted octanol–water partition coefficient (Wildman–Crippen LogP) is 2.68. The molecule has 0 aromatic carbocycles. The molecule has 0 bridgehead atoms. The second-order valence-electron chi connectivity index (χ2n) is 8.93. The first-order chi connectivity index (χ1) is 11.8. The Hall–Kier alpha value is -0.680. The van der Waals surface area contributed by atoms with Crippen molar-refractivity contribution >= 4 is 0 Å². The van der Waals surface area contributed by atoms with Crippen molar-refractivity contribution in [3.8, 4) is 0 Å². The molecule has 3 aliphatic carbocycles. The molecular weight excluding hydrogens is 316 g/mol. The van der Waals surface area contributed by atoms with E-state index in [1.807, 2.05) is 6.92 Å². The van der Waals surface area contributed by atoms with Gasteiger partial charge in [-0.25, -0.2) is 0 Å². The fourth-order valence-electron chi connectivity index (χ4n) is 6.26. The molecular formula is C21H34O4. The van der Waals surface area contributed by atoms with E-state index in [1.165, 1.54) is 5.57 Å². The number of aliphatic hydroxyl groups excluding tert-OH is 3. The summed E-state index contributed by atoms with van der Waals surface area (Å²) in [5.41, 5.74) is 1.84. The van der Waals surface area contributed by atoms with Crippen molar-refractivity contribution in [3.63, 3.8) is 0 Å². The molecule has 0 unspecified atom stereocenters. The van der Waals surface area contributed by atoms with Gasteiger partial charge in [-0.15, -0.1) is 0 Å². The van der Waals surface area contributed by atoms with Gasteiger partial charge in [0.25, 0.3) is 0 Å². The van der Waals surface area contributed by atoms with Gasteiger partial charge in [0.1, 0.15) is 0 Å². The van der Waals surface area contributed by atoms with Crippen LogP contribution in [0.5, 0.6) is 0 Å². The van der Waals surface area contributed by atoms with Crippen LogP contribution < -0.4 is 0 Å². The number of methoxy groups -OCH3 is 1. The number of hydrogen-bond donors (Lipinski definition) is 3. The Balaban J connectivity index is 1.98. The maximum atomic E-state index is 10.6. The van der Waals surface area contributed by atoms with Gasteiger partial charge in [0.15, 0.2) is 0 Å². The van der Waals surface area contributed by atoms with Crippen LogP contribution >= 0.6 is 0 Å². The Morgan fingerprint density at radius 2 is 2.00 bits per heavy atom. The van der Waals surface area contributed by atoms with Crippen LogP contribution in [0.25, 0.3) is 0 Å². The molecule has 0 heterocycles. The quantitative estimate of drug-likeness (QED) is 0.682. The summed E-state index contributed by atoms with van der Waals surface area (Å²) in [5, 5.41) is 30.2. The molecule has 0 aliphatic heterocycles. The fraction of sp³-hybridized carbons (Fsp3) is 0.810. The van der Waals surface area contributed by atoms with Gasteiger partial charge < -0.3 is 20.1 Å². The van der Waals surface area contributed by atoms with Gasteiger partial charge in [-0.3, -0.25) is 0 Å². The van der Waals surface area contributed by atoms with Crippen molar-refractivity contribution in [2.24, 2.45) is 28.6 Å². The first-order valence-electron chi connectivity index (χ1n) is 9.63. The summed E-state index contributed by atoms with van der Waals surface area (Å²) in [6.07, 6.45) is 6.48. The minimum absolute atomic E-state index is 0.0107. The maximum Gasteiger partial charge on any atom is 0.0850 e. The van der Waals surface area contributed by atoms with Crippen LogP contribution in [0.2, 0.25) is 0 Å².